The lowest BCUT2D eigenvalue weighted by atomic mass is 9.77. The van der Waals surface area contributed by atoms with E-state index < -0.39 is 17.7 Å². The molecule has 0 spiro atoms. The van der Waals surface area contributed by atoms with Gasteiger partial charge in [0.05, 0.1) is 22.6 Å². The van der Waals surface area contributed by atoms with Crippen molar-refractivity contribution in [2.45, 2.75) is 37.5 Å². The van der Waals surface area contributed by atoms with E-state index in [9.17, 15) is 18.3 Å². The number of aromatic amines is 1. The first-order chi connectivity index (χ1) is 10.4. The number of anilines is 1. The minimum absolute atomic E-state index is 0.0550. The zero-order valence-electron chi connectivity index (χ0n) is 12.0. The van der Waals surface area contributed by atoms with E-state index in [1.54, 1.807) is 0 Å². The normalized spacial score (nSPS) is 26.3. The molecular formula is C15H18F3N3O. The molecule has 0 amide bonds. The molecule has 0 aliphatic heterocycles. The van der Waals surface area contributed by atoms with Crippen molar-refractivity contribution >= 4 is 17.0 Å². The van der Waals surface area contributed by atoms with E-state index in [4.69, 9.17) is 0 Å². The van der Waals surface area contributed by atoms with Crippen LogP contribution in [0.3, 0.4) is 0 Å². The third-order valence-corrected chi connectivity index (χ3v) is 4.26. The number of nitrogens with zero attached hydrogens (tertiary/aromatic N) is 1. The molecule has 1 heterocycles. The van der Waals surface area contributed by atoms with Crippen LogP contribution in [0.25, 0.3) is 11.0 Å². The topological polar surface area (TPSA) is 60.9 Å². The number of benzene rings is 1. The minimum atomic E-state index is -4.24. The highest BCUT2D eigenvalue weighted by Crippen LogP contribution is 2.41. The van der Waals surface area contributed by atoms with Gasteiger partial charge in [-0.2, -0.15) is 13.2 Å². The highest BCUT2D eigenvalue weighted by molar-refractivity contribution is 5.77. The first-order valence-electron chi connectivity index (χ1n) is 7.33. The Labute approximate surface area is 125 Å². The Morgan fingerprint density at radius 1 is 1.36 bits per heavy atom. The van der Waals surface area contributed by atoms with Crippen LogP contribution in [0.1, 0.15) is 25.7 Å². The highest BCUT2D eigenvalue weighted by atomic mass is 19.4. The van der Waals surface area contributed by atoms with Crippen molar-refractivity contribution in [3.63, 3.8) is 0 Å². The summed E-state index contributed by atoms with van der Waals surface area (Å²) in [5.74, 6) is -0.965. The van der Waals surface area contributed by atoms with Crippen molar-refractivity contribution in [1.82, 2.24) is 9.97 Å². The van der Waals surface area contributed by atoms with Crippen LogP contribution in [-0.2, 0) is 0 Å². The van der Waals surface area contributed by atoms with Gasteiger partial charge in [-0.15, -0.1) is 0 Å². The number of hydrogen-bond acceptors (Lipinski definition) is 3. The molecular weight excluding hydrogens is 295 g/mol. The van der Waals surface area contributed by atoms with Crippen LogP contribution in [0.4, 0.5) is 19.1 Å². The molecule has 1 aliphatic rings. The number of nitrogens with one attached hydrogen (secondary N) is 2. The number of halogens is 3. The summed E-state index contributed by atoms with van der Waals surface area (Å²) in [6.07, 6.45) is -3.66. The Balaban J connectivity index is 1.66. The van der Waals surface area contributed by atoms with Gasteiger partial charge >= 0.3 is 6.18 Å². The lowest BCUT2D eigenvalue weighted by molar-refractivity contribution is -0.199. The summed E-state index contributed by atoms with van der Waals surface area (Å²) in [6, 6.07) is 7.43. The first-order valence-corrected chi connectivity index (χ1v) is 7.33. The highest BCUT2D eigenvalue weighted by Gasteiger charge is 2.46. The average Bonchev–Trinajstić information content (AvgIpc) is 2.87. The number of fused-ring (bicyclic) bond motifs is 1. The van der Waals surface area contributed by atoms with E-state index in [1.165, 1.54) is 0 Å². The van der Waals surface area contributed by atoms with Crippen molar-refractivity contribution in [2.75, 3.05) is 11.9 Å². The van der Waals surface area contributed by atoms with E-state index >= 15 is 0 Å². The van der Waals surface area contributed by atoms with Crippen LogP contribution in [0, 0.1) is 5.92 Å². The molecule has 7 heteroatoms. The minimum Gasteiger partial charge on any atom is -0.388 e. The summed E-state index contributed by atoms with van der Waals surface area (Å²) in [4.78, 5) is 7.33. The van der Waals surface area contributed by atoms with Crippen molar-refractivity contribution in [3.8, 4) is 0 Å². The van der Waals surface area contributed by atoms with Gasteiger partial charge in [-0.05, 0) is 37.8 Å². The van der Waals surface area contributed by atoms with E-state index in [0.29, 0.717) is 18.8 Å². The van der Waals surface area contributed by atoms with E-state index in [2.05, 4.69) is 15.3 Å². The lowest BCUT2D eigenvalue weighted by Gasteiger charge is -2.37. The number of hydrogen-bond donors (Lipinski definition) is 3. The fraction of sp³-hybridized carbons (Fsp3) is 0.533. The monoisotopic (exact) mass is 313 g/mol. The molecule has 3 rings (SSSR count). The Morgan fingerprint density at radius 3 is 2.86 bits per heavy atom. The smallest absolute Gasteiger partial charge is 0.388 e. The number of imidazole rings is 1. The molecule has 1 fully saturated rings. The molecule has 1 aliphatic carbocycles. The third kappa shape index (κ3) is 3.19. The summed E-state index contributed by atoms with van der Waals surface area (Å²) in [7, 11) is 0. The third-order valence-electron chi connectivity index (χ3n) is 4.26. The molecule has 1 aromatic carbocycles. The van der Waals surface area contributed by atoms with Gasteiger partial charge in [-0.1, -0.05) is 12.1 Å². The van der Waals surface area contributed by atoms with Crippen molar-refractivity contribution < 1.29 is 18.3 Å². The zero-order valence-corrected chi connectivity index (χ0v) is 12.0. The number of aromatic nitrogens is 2. The van der Waals surface area contributed by atoms with Crippen molar-refractivity contribution in [3.05, 3.63) is 24.3 Å². The van der Waals surface area contributed by atoms with E-state index in [1.807, 2.05) is 24.3 Å². The Kier molecular flexibility index (Phi) is 3.76. The molecule has 1 aromatic heterocycles. The molecule has 0 radical (unpaired) electrons. The second-order valence-corrected chi connectivity index (χ2v) is 6.02. The quantitative estimate of drug-likeness (QED) is 0.813. The summed E-state index contributed by atoms with van der Waals surface area (Å²) < 4.78 is 38.5. The Hall–Kier alpha value is -1.76. The number of alkyl halides is 3. The van der Waals surface area contributed by atoms with Gasteiger partial charge in [-0.25, -0.2) is 4.98 Å². The number of para-hydroxylation sites is 2. The van der Waals surface area contributed by atoms with Gasteiger partial charge in [0.1, 0.15) is 0 Å². The molecule has 2 aromatic rings. The molecule has 3 N–H and O–H groups in total. The van der Waals surface area contributed by atoms with Crippen LogP contribution in [0.15, 0.2) is 24.3 Å². The molecule has 1 saturated carbocycles. The van der Waals surface area contributed by atoms with Crippen molar-refractivity contribution in [2.24, 2.45) is 5.92 Å². The molecule has 0 saturated heterocycles. The lowest BCUT2D eigenvalue weighted by Crippen LogP contribution is -2.45. The van der Waals surface area contributed by atoms with Crippen LogP contribution in [-0.4, -0.2) is 33.4 Å². The second kappa shape index (κ2) is 5.46. The summed E-state index contributed by atoms with van der Waals surface area (Å²) in [5, 5.41) is 13.4. The maximum Gasteiger partial charge on any atom is 0.391 e. The zero-order chi connectivity index (χ0) is 15.8. The Bertz CT molecular complexity index is 622. The van der Waals surface area contributed by atoms with E-state index in [-0.39, 0.29) is 19.4 Å². The number of H-pyrrole nitrogens is 1. The van der Waals surface area contributed by atoms with Gasteiger partial charge in [-0.3, -0.25) is 0 Å². The first kappa shape index (κ1) is 15.1. The van der Waals surface area contributed by atoms with Gasteiger partial charge in [0, 0.05) is 6.54 Å². The summed E-state index contributed by atoms with van der Waals surface area (Å²) in [5.41, 5.74) is 0.264. The number of aliphatic hydroxyl groups is 1. The van der Waals surface area contributed by atoms with Gasteiger partial charge in [0.2, 0.25) is 5.95 Å². The summed E-state index contributed by atoms with van der Waals surface area (Å²) in [6.45, 7) is 0.0550. The maximum atomic E-state index is 12.8. The van der Waals surface area contributed by atoms with E-state index in [0.717, 1.165) is 11.0 Å². The second-order valence-electron chi connectivity index (χ2n) is 6.02. The van der Waals surface area contributed by atoms with Gasteiger partial charge < -0.3 is 15.4 Å². The van der Waals surface area contributed by atoms with Gasteiger partial charge in [0.15, 0.2) is 0 Å². The summed E-state index contributed by atoms with van der Waals surface area (Å²) >= 11 is 0. The van der Waals surface area contributed by atoms with Crippen LogP contribution in [0.2, 0.25) is 0 Å². The fourth-order valence-corrected chi connectivity index (χ4v) is 3.07. The fourth-order valence-electron chi connectivity index (χ4n) is 3.07. The predicted molar refractivity (Wildman–Crippen MR) is 77.5 cm³/mol. The predicted octanol–water partition coefficient (Wildman–Crippen LogP) is 3.46. The van der Waals surface area contributed by atoms with Crippen LogP contribution in [0.5, 0.6) is 0 Å². The van der Waals surface area contributed by atoms with Gasteiger partial charge in [0.25, 0.3) is 0 Å². The SMILES string of the molecule is OC1(CNc2nc3ccccc3[nH]2)CCCC(C(F)(F)F)C1. The molecule has 120 valence electrons. The number of rotatable bonds is 3. The standard InChI is InChI=1S/C15H18F3N3O/c16-15(17,18)10-4-3-7-14(22,8-10)9-19-13-20-11-5-1-2-6-12(11)21-13/h1-2,5-6,10,22H,3-4,7-9H2,(H2,19,20,21). The van der Waals surface area contributed by atoms with Crippen LogP contribution >= 0.6 is 0 Å². The molecule has 2 unspecified atom stereocenters. The molecule has 22 heavy (non-hydrogen) atoms. The van der Waals surface area contributed by atoms with Crippen molar-refractivity contribution in [1.29, 1.82) is 0 Å². The molecule has 2 atom stereocenters. The molecule has 4 nitrogen and oxygen atoms in total. The largest absolute Gasteiger partial charge is 0.391 e. The average molecular weight is 313 g/mol. The maximum absolute atomic E-state index is 12.8. The van der Waals surface area contributed by atoms with Crippen LogP contribution < -0.4 is 5.32 Å². The Morgan fingerprint density at radius 2 is 2.14 bits per heavy atom. The molecule has 0 bridgehead atoms.